The van der Waals surface area contributed by atoms with Crippen molar-refractivity contribution in [2.75, 3.05) is 6.54 Å². The van der Waals surface area contributed by atoms with Crippen LogP contribution in [-0.4, -0.2) is 57.0 Å². The van der Waals surface area contributed by atoms with Crippen molar-refractivity contribution >= 4 is 23.6 Å². The summed E-state index contributed by atoms with van der Waals surface area (Å²) < 4.78 is 0. The molecule has 6 nitrogen and oxygen atoms in total. The van der Waals surface area contributed by atoms with Crippen LogP contribution in [0.4, 0.5) is 0 Å². The van der Waals surface area contributed by atoms with Gasteiger partial charge in [-0.25, -0.2) is 4.79 Å². The fourth-order valence-electron chi connectivity index (χ4n) is 3.84. The van der Waals surface area contributed by atoms with E-state index in [0.29, 0.717) is 11.3 Å². The first-order valence-electron chi connectivity index (χ1n) is 7.71. The molecule has 3 rings (SSSR count). The van der Waals surface area contributed by atoms with Gasteiger partial charge < -0.3 is 20.4 Å². The summed E-state index contributed by atoms with van der Waals surface area (Å²) in [7, 11) is 0. The second-order valence-corrected chi connectivity index (χ2v) is 7.90. The highest BCUT2D eigenvalue weighted by atomic mass is 32.2. The molecule has 2 saturated heterocycles. The fraction of sp³-hybridized carbons (Fsp3) is 0.733. The summed E-state index contributed by atoms with van der Waals surface area (Å²) in [5.74, 6) is -1.83. The molecule has 3 N–H and O–H groups in total. The average Bonchev–Trinajstić information content (AvgIpc) is 2.92. The molecule has 0 aliphatic carbocycles. The molecule has 6 atom stereocenters. The monoisotopic (exact) mass is 326 g/mol. The van der Waals surface area contributed by atoms with Crippen LogP contribution in [0.15, 0.2) is 10.6 Å². The summed E-state index contributed by atoms with van der Waals surface area (Å²) in [6.07, 6.45) is 0.246. The van der Waals surface area contributed by atoms with Gasteiger partial charge in [-0.05, 0) is 20.3 Å². The summed E-state index contributed by atoms with van der Waals surface area (Å²) in [5, 5.41) is 23.1. The number of carbonyl (C=O) groups excluding carboxylic acids is 1. The zero-order valence-electron chi connectivity index (χ0n) is 12.9. The van der Waals surface area contributed by atoms with Crippen LogP contribution in [-0.2, 0) is 9.59 Å². The summed E-state index contributed by atoms with van der Waals surface area (Å²) in [4.78, 5) is 26.1. The molecule has 122 valence electrons. The first-order valence-corrected chi connectivity index (χ1v) is 8.59. The van der Waals surface area contributed by atoms with Crippen LogP contribution in [0.25, 0.3) is 0 Å². The SMILES string of the molecule is C[C@@H]1C[C@H](SC2=C(C(=O)O)N3C(=O)[C@H]([C@@H](C)O)[C@H]3[C@H]2C)CN1. The first kappa shape index (κ1) is 15.8. The highest BCUT2D eigenvalue weighted by molar-refractivity contribution is 8.03. The van der Waals surface area contributed by atoms with Crippen LogP contribution >= 0.6 is 11.8 Å². The van der Waals surface area contributed by atoms with E-state index in [1.165, 1.54) is 4.90 Å². The number of nitrogens with zero attached hydrogens (tertiary/aromatic N) is 1. The Balaban J connectivity index is 1.87. The van der Waals surface area contributed by atoms with Crippen molar-refractivity contribution in [2.24, 2.45) is 11.8 Å². The van der Waals surface area contributed by atoms with Crippen molar-refractivity contribution in [1.29, 1.82) is 0 Å². The maximum absolute atomic E-state index is 12.2. The predicted octanol–water partition coefficient (Wildman–Crippen LogP) is 0.624. The number of nitrogens with one attached hydrogen (secondary N) is 1. The molecule has 0 aromatic rings. The summed E-state index contributed by atoms with van der Waals surface area (Å²) in [6, 6.07) is 0.222. The maximum atomic E-state index is 12.2. The molecule has 22 heavy (non-hydrogen) atoms. The third-order valence-electron chi connectivity index (χ3n) is 4.92. The molecule has 0 bridgehead atoms. The van der Waals surface area contributed by atoms with Gasteiger partial charge in [0.2, 0.25) is 5.91 Å². The molecular formula is C15H22N2O4S. The van der Waals surface area contributed by atoms with Crippen molar-refractivity contribution in [3.8, 4) is 0 Å². The number of hydrogen-bond acceptors (Lipinski definition) is 5. The van der Waals surface area contributed by atoms with Gasteiger partial charge in [0.1, 0.15) is 5.70 Å². The van der Waals surface area contributed by atoms with Crippen LogP contribution in [0.5, 0.6) is 0 Å². The Kier molecular flexibility index (Phi) is 3.99. The summed E-state index contributed by atoms with van der Waals surface area (Å²) >= 11 is 1.59. The predicted molar refractivity (Wildman–Crippen MR) is 83.1 cm³/mol. The lowest BCUT2D eigenvalue weighted by Crippen LogP contribution is -2.63. The van der Waals surface area contributed by atoms with E-state index in [0.717, 1.165) is 17.9 Å². The van der Waals surface area contributed by atoms with Gasteiger partial charge in [0, 0.05) is 28.7 Å². The second kappa shape index (κ2) is 5.54. The van der Waals surface area contributed by atoms with Gasteiger partial charge in [0.25, 0.3) is 0 Å². The van der Waals surface area contributed by atoms with Crippen LogP contribution in [0, 0.1) is 11.8 Å². The largest absolute Gasteiger partial charge is 0.477 e. The topological polar surface area (TPSA) is 89.9 Å². The Bertz CT molecular complexity index is 548. The van der Waals surface area contributed by atoms with Crippen LogP contribution < -0.4 is 5.32 Å². The molecular weight excluding hydrogens is 304 g/mol. The average molecular weight is 326 g/mol. The number of carboxylic acid groups (broad SMARTS) is 1. The summed E-state index contributed by atoms with van der Waals surface area (Å²) in [5.41, 5.74) is 0.129. The molecule has 0 saturated carbocycles. The van der Waals surface area contributed by atoms with E-state index in [-0.39, 0.29) is 23.6 Å². The van der Waals surface area contributed by atoms with Crippen LogP contribution in [0.1, 0.15) is 27.2 Å². The Hall–Kier alpha value is -1.05. The lowest BCUT2D eigenvalue weighted by atomic mass is 9.79. The molecule has 0 aromatic heterocycles. The molecule has 3 aliphatic rings. The highest BCUT2D eigenvalue weighted by Crippen LogP contribution is 2.51. The minimum Gasteiger partial charge on any atom is -0.477 e. The number of thioether (sulfide) groups is 1. The van der Waals surface area contributed by atoms with Gasteiger partial charge >= 0.3 is 5.97 Å². The van der Waals surface area contributed by atoms with Gasteiger partial charge in [-0.1, -0.05) is 6.92 Å². The zero-order valence-corrected chi connectivity index (χ0v) is 13.8. The van der Waals surface area contributed by atoms with Gasteiger partial charge in [-0.15, -0.1) is 11.8 Å². The number of carboxylic acids is 1. The maximum Gasteiger partial charge on any atom is 0.353 e. The molecule has 0 spiro atoms. The number of aliphatic hydroxyl groups excluding tert-OH is 1. The number of carbonyl (C=O) groups is 2. The smallest absolute Gasteiger partial charge is 0.353 e. The van der Waals surface area contributed by atoms with Gasteiger partial charge in [-0.3, -0.25) is 4.79 Å². The normalized spacial score (nSPS) is 39.0. The minimum atomic E-state index is -1.05. The number of rotatable bonds is 4. The molecule has 0 unspecified atom stereocenters. The molecule has 2 fully saturated rings. The van der Waals surface area contributed by atoms with Gasteiger partial charge in [0.15, 0.2) is 0 Å². The van der Waals surface area contributed by atoms with Crippen molar-refractivity contribution in [2.45, 2.75) is 50.6 Å². The standard InChI is InChI=1S/C15H22N2O4S/c1-6-4-9(5-16-6)22-13-7(2)11-10(8(3)18)14(19)17(11)12(13)15(20)21/h6-11,16,18H,4-5H2,1-3H3,(H,20,21)/t6-,7-,8-,9+,10-,11-/m1/s1. The number of aliphatic carboxylic acids is 1. The third-order valence-corrected chi connectivity index (χ3v) is 6.43. The van der Waals surface area contributed by atoms with E-state index in [9.17, 15) is 19.8 Å². The Morgan fingerprint density at radius 1 is 1.45 bits per heavy atom. The molecule has 1 amide bonds. The van der Waals surface area contributed by atoms with Gasteiger partial charge in [0.05, 0.1) is 18.1 Å². The van der Waals surface area contributed by atoms with Crippen molar-refractivity contribution < 1.29 is 19.8 Å². The molecule has 0 radical (unpaired) electrons. The Morgan fingerprint density at radius 2 is 2.14 bits per heavy atom. The van der Waals surface area contributed by atoms with E-state index in [4.69, 9.17) is 0 Å². The zero-order chi connectivity index (χ0) is 16.2. The van der Waals surface area contributed by atoms with Crippen LogP contribution in [0.2, 0.25) is 0 Å². The van der Waals surface area contributed by atoms with Crippen molar-refractivity contribution in [3.63, 3.8) is 0 Å². The highest BCUT2D eigenvalue weighted by Gasteiger charge is 2.60. The lowest BCUT2D eigenvalue weighted by Gasteiger charge is -2.46. The van der Waals surface area contributed by atoms with E-state index in [1.54, 1.807) is 18.7 Å². The number of hydrogen-bond donors (Lipinski definition) is 3. The fourth-order valence-corrected chi connectivity index (χ4v) is 5.42. The van der Waals surface area contributed by atoms with Crippen LogP contribution in [0.3, 0.4) is 0 Å². The molecule has 3 aliphatic heterocycles. The minimum absolute atomic E-state index is 0.0377. The Morgan fingerprint density at radius 3 is 2.64 bits per heavy atom. The van der Waals surface area contributed by atoms with E-state index in [1.807, 2.05) is 6.92 Å². The number of β-lactam (4-membered cyclic amide) rings is 1. The van der Waals surface area contributed by atoms with Crippen molar-refractivity contribution in [3.05, 3.63) is 10.6 Å². The number of fused-ring (bicyclic) bond motifs is 1. The van der Waals surface area contributed by atoms with E-state index >= 15 is 0 Å². The van der Waals surface area contributed by atoms with E-state index in [2.05, 4.69) is 12.2 Å². The Labute approximate surface area is 133 Å². The molecule has 3 heterocycles. The lowest BCUT2D eigenvalue weighted by molar-refractivity contribution is -0.163. The number of aliphatic hydroxyl groups is 1. The first-order chi connectivity index (χ1) is 10.3. The number of amides is 1. The summed E-state index contributed by atoms with van der Waals surface area (Å²) in [6.45, 7) is 6.53. The van der Waals surface area contributed by atoms with Gasteiger partial charge in [-0.2, -0.15) is 0 Å². The molecule has 7 heteroatoms. The van der Waals surface area contributed by atoms with E-state index < -0.39 is 18.0 Å². The molecule has 0 aromatic carbocycles. The second-order valence-electron chi connectivity index (χ2n) is 6.56. The quantitative estimate of drug-likeness (QED) is 0.656. The van der Waals surface area contributed by atoms with Crippen molar-refractivity contribution in [1.82, 2.24) is 10.2 Å². The third kappa shape index (κ3) is 2.26.